The molecule has 2 aromatic rings. The fourth-order valence-electron chi connectivity index (χ4n) is 3.72. The number of benzene rings is 1. The number of hydrogen-bond donors (Lipinski definition) is 0. The van der Waals surface area contributed by atoms with Crippen molar-refractivity contribution in [3.05, 3.63) is 48.2 Å². The molecular weight excluding hydrogens is 342 g/mol. The maximum atomic E-state index is 12.5. The van der Waals surface area contributed by atoms with Crippen molar-refractivity contribution in [2.24, 2.45) is 0 Å². The normalized spacial score (nSPS) is 20.3. The first kappa shape index (κ1) is 17.9. The smallest absolute Gasteiger partial charge is 0.224 e. The molecule has 0 saturated carbocycles. The summed E-state index contributed by atoms with van der Waals surface area (Å²) < 4.78 is 11.1. The van der Waals surface area contributed by atoms with Crippen molar-refractivity contribution in [1.82, 2.24) is 14.8 Å². The Morgan fingerprint density at radius 2 is 2.11 bits per heavy atom. The second-order valence-corrected chi connectivity index (χ2v) is 7.01. The zero-order chi connectivity index (χ0) is 18.6. The lowest BCUT2D eigenvalue weighted by molar-refractivity contribution is -0.133. The van der Waals surface area contributed by atoms with Crippen LogP contribution < -0.4 is 4.74 Å². The van der Waals surface area contributed by atoms with Crippen molar-refractivity contribution < 1.29 is 14.3 Å². The number of ether oxygens (including phenoxy) is 2. The molecule has 6 heteroatoms. The first-order valence-electron chi connectivity index (χ1n) is 9.42. The summed E-state index contributed by atoms with van der Waals surface area (Å²) in [6.45, 7) is 4.23. The van der Waals surface area contributed by atoms with E-state index in [9.17, 15) is 4.79 Å². The van der Waals surface area contributed by atoms with Crippen LogP contribution in [0, 0.1) is 0 Å². The van der Waals surface area contributed by atoms with Crippen LogP contribution in [0.2, 0.25) is 0 Å². The van der Waals surface area contributed by atoms with Gasteiger partial charge in [0, 0.05) is 44.0 Å². The summed E-state index contributed by atoms with van der Waals surface area (Å²) in [5.74, 6) is 0.971. The number of methoxy groups -OCH3 is 1. The number of rotatable bonds is 5. The van der Waals surface area contributed by atoms with E-state index in [2.05, 4.69) is 17.0 Å². The summed E-state index contributed by atoms with van der Waals surface area (Å²) in [6, 6.07) is 10.2. The molecule has 0 radical (unpaired) electrons. The van der Waals surface area contributed by atoms with Gasteiger partial charge in [-0.2, -0.15) is 0 Å². The van der Waals surface area contributed by atoms with Crippen LogP contribution in [0.4, 0.5) is 0 Å². The molecule has 1 aromatic carbocycles. The minimum atomic E-state index is 0.0852. The van der Waals surface area contributed by atoms with Crippen molar-refractivity contribution in [2.45, 2.75) is 19.0 Å². The Bertz CT molecular complexity index is 844. The largest absolute Gasteiger partial charge is 0.494 e. The molecule has 6 nitrogen and oxygen atoms in total. The van der Waals surface area contributed by atoms with E-state index in [1.54, 1.807) is 7.11 Å². The monoisotopic (exact) mass is 367 g/mol. The number of aromatic nitrogens is 1. The molecule has 1 saturated heterocycles. The van der Waals surface area contributed by atoms with Gasteiger partial charge in [0.15, 0.2) is 0 Å². The number of nitrogens with zero attached hydrogens (tertiary/aromatic N) is 3. The van der Waals surface area contributed by atoms with E-state index in [0.29, 0.717) is 26.2 Å². The number of carbonyl (C=O) groups excluding carboxylic acids is 1. The molecule has 1 fully saturated rings. The number of carbonyl (C=O) groups is 1. The highest BCUT2D eigenvalue weighted by Crippen LogP contribution is 2.24. The van der Waals surface area contributed by atoms with Gasteiger partial charge in [-0.05, 0) is 12.1 Å². The highest BCUT2D eigenvalue weighted by molar-refractivity contribution is 5.84. The molecule has 4 rings (SSSR count). The molecule has 1 amide bonds. The van der Waals surface area contributed by atoms with E-state index in [1.807, 2.05) is 35.3 Å². The molecule has 0 bridgehead atoms. The molecule has 1 atom stereocenters. The van der Waals surface area contributed by atoms with Gasteiger partial charge in [0.05, 0.1) is 26.0 Å². The third-order valence-electron chi connectivity index (χ3n) is 5.26. The Morgan fingerprint density at radius 1 is 1.26 bits per heavy atom. The van der Waals surface area contributed by atoms with Crippen LogP contribution in [-0.4, -0.2) is 66.7 Å². The van der Waals surface area contributed by atoms with Gasteiger partial charge < -0.3 is 14.4 Å². The second-order valence-electron chi connectivity index (χ2n) is 7.01. The van der Waals surface area contributed by atoms with Crippen molar-refractivity contribution in [2.75, 3.05) is 40.0 Å². The molecule has 0 N–H and O–H groups in total. The topological polar surface area (TPSA) is 54.9 Å². The molecular formula is C21H25N3O3. The first-order valence-corrected chi connectivity index (χ1v) is 9.42. The predicted molar refractivity (Wildman–Crippen MR) is 104 cm³/mol. The molecule has 142 valence electrons. The predicted octanol–water partition coefficient (Wildman–Crippen LogP) is 2.23. The second kappa shape index (κ2) is 8.06. The van der Waals surface area contributed by atoms with E-state index in [0.717, 1.165) is 42.0 Å². The number of hydrogen-bond acceptors (Lipinski definition) is 5. The lowest BCUT2D eigenvalue weighted by atomic mass is 10.1. The highest BCUT2D eigenvalue weighted by Gasteiger charge is 2.28. The Labute approximate surface area is 159 Å². The maximum absolute atomic E-state index is 12.5. The summed E-state index contributed by atoms with van der Waals surface area (Å²) in [5, 5.41) is 1.06. The third-order valence-corrected chi connectivity index (χ3v) is 5.26. The number of amides is 1. The van der Waals surface area contributed by atoms with Gasteiger partial charge in [0.2, 0.25) is 5.91 Å². The van der Waals surface area contributed by atoms with E-state index < -0.39 is 0 Å². The van der Waals surface area contributed by atoms with Gasteiger partial charge in [-0.3, -0.25) is 9.69 Å². The van der Waals surface area contributed by atoms with E-state index in [4.69, 9.17) is 14.5 Å². The molecule has 2 aliphatic rings. The summed E-state index contributed by atoms with van der Waals surface area (Å²) in [4.78, 5) is 21.6. The molecule has 27 heavy (non-hydrogen) atoms. The number of fused-ring (bicyclic) bond motifs is 1. The van der Waals surface area contributed by atoms with Crippen LogP contribution >= 0.6 is 0 Å². The van der Waals surface area contributed by atoms with E-state index in [1.165, 1.54) is 0 Å². The van der Waals surface area contributed by atoms with Crippen molar-refractivity contribution in [3.63, 3.8) is 0 Å². The van der Waals surface area contributed by atoms with Gasteiger partial charge in [0.25, 0.3) is 0 Å². The van der Waals surface area contributed by atoms with Gasteiger partial charge >= 0.3 is 0 Å². The SMILES string of the molecule is COc1cccc2ccc(CN3CCOCC3CC(=O)N3CC=CC3)nc12. The highest BCUT2D eigenvalue weighted by atomic mass is 16.5. The Kier molecular flexibility index (Phi) is 5.36. The molecule has 2 aliphatic heterocycles. The van der Waals surface area contributed by atoms with Crippen LogP contribution in [0.25, 0.3) is 10.9 Å². The minimum absolute atomic E-state index is 0.0852. The molecule has 3 heterocycles. The fraction of sp³-hybridized carbons (Fsp3) is 0.429. The first-order chi connectivity index (χ1) is 13.2. The molecule has 1 unspecified atom stereocenters. The van der Waals surface area contributed by atoms with Gasteiger partial charge in [0.1, 0.15) is 11.3 Å². The summed E-state index contributed by atoms with van der Waals surface area (Å²) in [5.41, 5.74) is 1.86. The van der Waals surface area contributed by atoms with Crippen LogP contribution in [-0.2, 0) is 16.1 Å². The quantitative estimate of drug-likeness (QED) is 0.759. The van der Waals surface area contributed by atoms with Crippen LogP contribution in [0.5, 0.6) is 5.75 Å². The average Bonchev–Trinajstić information content (AvgIpc) is 3.24. The average molecular weight is 367 g/mol. The van der Waals surface area contributed by atoms with E-state index >= 15 is 0 Å². The number of para-hydroxylation sites is 1. The van der Waals surface area contributed by atoms with Crippen LogP contribution in [0.15, 0.2) is 42.5 Å². The number of morpholine rings is 1. The molecule has 0 spiro atoms. The van der Waals surface area contributed by atoms with Crippen LogP contribution in [0.3, 0.4) is 0 Å². The lowest BCUT2D eigenvalue weighted by Gasteiger charge is -2.35. The molecule has 1 aromatic heterocycles. The zero-order valence-corrected chi connectivity index (χ0v) is 15.6. The summed E-state index contributed by atoms with van der Waals surface area (Å²) >= 11 is 0. The Hall–Kier alpha value is -2.44. The molecule has 0 aliphatic carbocycles. The number of pyridine rings is 1. The fourth-order valence-corrected chi connectivity index (χ4v) is 3.72. The Balaban J connectivity index is 1.49. The van der Waals surface area contributed by atoms with Gasteiger partial charge in [-0.15, -0.1) is 0 Å². The van der Waals surface area contributed by atoms with Crippen molar-refractivity contribution in [3.8, 4) is 5.75 Å². The van der Waals surface area contributed by atoms with Gasteiger partial charge in [-0.25, -0.2) is 4.98 Å². The van der Waals surface area contributed by atoms with E-state index in [-0.39, 0.29) is 11.9 Å². The Morgan fingerprint density at radius 3 is 2.93 bits per heavy atom. The minimum Gasteiger partial charge on any atom is -0.494 e. The lowest BCUT2D eigenvalue weighted by Crippen LogP contribution is -2.47. The standard InChI is InChI=1S/C21H25N3O3/c1-26-19-6-4-5-16-7-8-17(22-21(16)19)14-24-11-12-27-15-18(24)13-20(25)23-9-2-3-10-23/h2-8,18H,9-15H2,1H3. The summed E-state index contributed by atoms with van der Waals surface area (Å²) in [7, 11) is 1.67. The van der Waals surface area contributed by atoms with Gasteiger partial charge in [-0.1, -0.05) is 30.4 Å². The van der Waals surface area contributed by atoms with Crippen molar-refractivity contribution >= 4 is 16.8 Å². The zero-order valence-electron chi connectivity index (χ0n) is 15.6. The summed E-state index contributed by atoms with van der Waals surface area (Å²) in [6.07, 6.45) is 4.57. The van der Waals surface area contributed by atoms with Crippen molar-refractivity contribution in [1.29, 1.82) is 0 Å². The third kappa shape index (κ3) is 3.96. The van der Waals surface area contributed by atoms with Crippen LogP contribution in [0.1, 0.15) is 12.1 Å². The maximum Gasteiger partial charge on any atom is 0.224 e.